The van der Waals surface area contributed by atoms with Crippen molar-refractivity contribution in [3.63, 3.8) is 0 Å². The molecule has 1 aliphatic rings. The molecule has 0 radical (unpaired) electrons. The monoisotopic (exact) mass is 272 g/mol. The molecule has 1 saturated carbocycles. The fourth-order valence-electron chi connectivity index (χ4n) is 2.90. The molecule has 0 aromatic heterocycles. The summed E-state index contributed by atoms with van der Waals surface area (Å²) in [5.74, 6) is 0.863. The van der Waals surface area contributed by atoms with Crippen molar-refractivity contribution in [1.29, 1.82) is 5.26 Å². The molecule has 3 heteroatoms. The van der Waals surface area contributed by atoms with Crippen molar-refractivity contribution >= 4 is 0 Å². The van der Waals surface area contributed by atoms with Gasteiger partial charge in [0.15, 0.2) is 0 Å². The van der Waals surface area contributed by atoms with Gasteiger partial charge in [-0.15, -0.1) is 0 Å². The van der Waals surface area contributed by atoms with Crippen molar-refractivity contribution < 1.29 is 4.74 Å². The Bertz CT molecular complexity index is 457. The minimum absolute atomic E-state index is 0.603. The summed E-state index contributed by atoms with van der Waals surface area (Å²) in [4.78, 5) is 0. The Morgan fingerprint density at radius 3 is 2.55 bits per heavy atom. The maximum Gasteiger partial charge on any atom is 0.123 e. The standard InChI is InChI=1S/C17H24N2O/c1-20-17-10-9-14(12-18)11-15(17)13-19-16-7-5-3-2-4-6-8-16/h9-11,16,19H,2-8,13H2,1H3. The number of nitrogens with one attached hydrogen (secondary N) is 1. The molecule has 0 aliphatic heterocycles. The molecule has 0 amide bonds. The van der Waals surface area contributed by atoms with E-state index in [0.29, 0.717) is 11.6 Å². The van der Waals surface area contributed by atoms with Gasteiger partial charge in [0.2, 0.25) is 0 Å². The number of hydrogen-bond donors (Lipinski definition) is 1. The van der Waals surface area contributed by atoms with Crippen molar-refractivity contribution in [2.75, 3.05) is 7.11 Å². The number of rotatable bonds is 4. The summed E-state index contributed by atoms with van der Waals surface area (Å²) in [6, 6.07) is 8.41. The van der Waals surface area contributed by atoms with Crippen molar-refractivity contribution in [3.05, 3.63) is 29.3 Å². The highest BCUT2D eigenvalue weighted by Gasteiger charge is 2.12. The van der Waals surface area contributed by atoms with Crippen LogP contribution in [0.4, 0.5) is 0 Å². The van der Waals surface area contributed by atoms with E-state index >= 15 is 0 Å². The lowest BCUT2D eigenvalue weighted by Gasteiger charge is -2.21. The first-order valence-electron chi connectivity index (χ1n) is 7.64. The number of ether oxygens (including phenoxy) is 1. The van der Waals surface area contributed by atoms with Crippen molar-refractivity contribution in [2.45, 2.75) is 57.5 Å². The van der Waals surface area contributed by atoms with Gasteiger partial charge in [0.25, 0.3) is 0 Å². The van der Waals surface area contributed by atoms with E-state index < -0.39 is 0 Å². The SMILES string of the molecule is COc1ccc(C#N)cc1CNC1CCCCCCC1. The molecule has 1 aliphatic carbocycles. The molecule has 0 saturated heterocycles. The lowest BCUT2D eigenvalue weighted by Crippen LogP contribution is -2.29. The van der Waals surface area contributed by atoms with Gasteiger partial charge >= 0.3 is 0 Å². The van der Waals surface area contributed by atoms with Crippen LogP contribution in [0.2, 0.25) is 0 Å². The van der Waals surface area contributed by atoms with Crippen molar-refractivity contribution in [2.24, 2.45) is 0 Å². The zero-order valence-corrected chi connectivity index (χ0v) is 12.3. The second-order valence-corrected chi connectivity index (χ2v) is 5.56. The highest BCUT2D eigenvalue weighted by molar-refractivity contribution is 5.42. The van der Waals surface area contributed by atoms with Gasteiger partial charge in [0.1, 0.15) is 5.75 Å². The summed E-state index contributed by atoms with van der Waals surface area (Å²) in [5.41, 5.74) is 1.77. The number of methoxy groups -OCH3 is 1. The van der Waals surface area contributed by atoms with Crippen LogP contribution in [0.5, 0.6) is 5.75 Å². The fraction of sp³-hybridized carbons (Fsp3) is 0.588. The highest BCUT2D eigenvalue weighted by Crippen LogP contribution is 2.21. The molecule has 0 bridgehead atoms. The molecule has 3 nitrogen and oxygen atoms in total. The van der Waals surface area contributed by atoms with Gasteiger partial charge in [-0.2, -0.15) is 5.26 Å². The zero-order chi connectivity index (χ0) is 14.2. The Morgan fingerprint density at radius 2 is 1.90 bits per heavy atom. The summed E-state index contributed by atoms with van der Waals surface area (Å²) in [5, 5.41) is 12.6. The van der Waals surface area contributed by atoms with Crippen LogP contribution in [-0.2, 0) is 6.54 Å². The molecule has 1 aromatic rings. The van der Waals surface area contributed by atoms with Crippen LogP contribution in [-0.4, -0.2) is 13.2 Å². The van der Waals surface area contributed by atoms with Crippen LogP contribution < -0.4 is 10.1 Å². The summed E-state index contributed by atoms with van der Waals surface area (Å²) in [7, 11) is 1.68. The molecule has 0 atom stereocenters. The first kappa shape index (κ1) is 14.9. The predicted molar refractivity (Wildman–Crippen MR) is 80.7 cm³/mol. The number of nitriles is 1. The molecule has 108 valence electrons. The van der Waals surface area contributed by atoms with Gasteiger partial charge < -0.3 is 10.1 Å². The molecular weight excluding hydrogens is 248 g/mol. The molecule has 0 heterocycles. The van der Waals surface area contributed by atoms with E-state index in [2.05, 4.69) is 11.4 Å². The van der Waals surface area contributed by atoms with Crippen LogP contribution >= 0.6 is 0 Å². The van der Waals surface area contributed by atoms with Gasteiger partial charge in [-0.05, 0) is 31.0 Å². The molecule has 1 aromatic carbocycles. The van der Waals surface area contributed by atoms with Crippen LogP contribution in [0.3, 0.4) is 0 Å². The van der Waals surface area contributed by atoms with E-state index in [1.807, 2.05) is 12.1 Å². The molecule has 2 rings (SSSR count). The Hall–Kier alpha value is -1.53. The second kappa shape index (κ2) is 7.91. The minimum Gasteiger partial charge on any atom is -0.496 e. The van der Waals surface area contributed by atoms with E-state index in [0.717, 1.165) is 17.9 Å². The Labute approximate surface area is 121 Å². The van der Waals surface area contributed by atoms with Crippen molar-refractivity contribution in [1.82, 2.24) is 5.32 Å². The van der Waals surface area contributed by atoms with Crippen LogP contribution in [0, 0.1) is 11.3 Å². The third-order valence-electron chi connectivity index (χ3n) is 4.10. The smallest absolute Gasteiger partial charge is 0.123 e. The van der Waals surface area contributed by atoms with Crippen LogP contribution in [0.25, 0.3) is 0 Å². The van der Waals surface area contributed by atoms with Gasteiger partial charge in [-0.1, -0.05) is 32.1 Å². The van der Waals surface area contributed by atoms with E-state index in [-0.39, 0.29) is 0 Å². The Balaban J connectivity index is 1.96. The summed E-state index contributed by atoms with van der Waals surface area (Å²) in [6.45, 7) is 0.781. The molecular formula is C17H24N2O. The van der Waals surface area contributed by atoms with Gasteiger partial charge in [-0.3, -0.25) is 0 Å². The van der Waals surface area contributed by atoms with E-state index in [1.54, 1.807) is 13.2 Å². The topological polar surface area (TPSA) is 45.0 Å². The van der Waals surface area contributed by atoms with Gasteiger partial charge in [-0.25, -0.2) is 0 Å². The van der Waals surface area contributed by atoms with E-state index in [1.165, 1.54) is 44.9 Å². The Kier molecular flexibility index (Phi) is 5.88. The molecule has 0 spiro atoms. The first-order chi connectivity index (χ1) is 9.83. The highest BCUT2D eigenvalue weighted by atomic mass is 16.5. The zero-order valence-electron chi connectivity index (χ0n) is 12.3. The van der Waals surface area contributed by atoms with Gasteiger partial charge in [0, 0.05) is 18.2 Å². The summed E-state index contributed by atoms with van der Waals surface area (Å²) in [6.07, 6.45) is 9.31. The van der Waals surface area contributed by atoms with Crippen LogP contribution in [0.15, 0.2) is 18.2 Å². The van der Waals surface area contributed by atoms with E-state index in [9.17, 15) is 0 Å². The lowest BCUT2D eigenvalue weighted by molar-refractivity contribution is 0.378. The van der Waals surface area contributed by atoms with E-state index in [4.69, 9.17) is 10.00 Å². The maximum absolute atomic E-state index is 9.00. The molecule has 1 N–H and O–H groups in total. The van der Waals surface area contributed by atoms with Crippen molar-refractivity contribution in [3.8, 4) is 11.8 Å². The summed E-state index contributed by atoms with van der Waals surface area (Å²) < 4.78 is 5.38. The third-order valence-corrected chi connectivity index (χ3v) is 4.10. The number of hydrogen-bond acceptors (Lipinski definition) is 3. The number of nitrogens with zero attached hydrogens (tertiary/aromatic N) is 1. The van der Waals surface area contributed by atoms with Crippen LogP contribution in [0.1, 0.15) is 56.1 Å². The van der Waals surface area contributed by atoms with Gasteiger partial charge in [0.05, 0.1) is 18.7 Å². The fourth-order valence-corrected chi connectivity index (χ4v) is 2.90. The summed E-state index contributed by atoms with van der Waals surface area (Å²) >= 11 is 0. The predicted octanol–water partition coefficient (Wildman–Crippen LogP) is 3.77. The quantitative estimate of drug-likeness (QED) is 0.907. The molecule has 1 fully saturated rings. The maximum atomic E-state index is 9.00. The lowest BCUT2D eigenvalue weighted by atomic mass is 9.96. The minimum atomic E-state index is 0.603. The molecule has 20 heavy (non-hydrogen) atoms. The Morgan fingerprint density at radius 1 is 1.20 bits per heavy atom. The molecule has 0 unspecified atom stereocenters. The second-order valence-electron chi connectivity index (χ2n) is 5.56. The number of benzene rings is 1. The average Bonchev–Trinajstić information content (AvgIpc) is 2.45. The first-order valence-corrected chi connectivity index (χ1v) is 7.64. The third kappa shape index (κ3) is 4.25. The normalized spacial score (nSPS) is 17.0. The average molecular weight is 272 g/mol. The largest absolute Gasteiger partial charge is 0.496 e.